The fourth-order valence-electron chi connectivity index (χ4n) is 3.44. The zero-order valence-corrected chi connectivity index (χ0v) is 18.0. The lowest BCUT2D eigenvalue weighted by Gasteiger charge is -2.33. The summed E-state index contributed by atoms with van der Waals surface area (Å²) < 4.78 is 31.6. The van der Waals surface area contributed by atoms with E-state index in [9.17, 15) is 13.2 Å². The summed E-state index contributed by atoms with van der Waals surface area (Å²) in [5.41, 5.74) is 1.35. The van der Waals surface area contributed by atoms with E-state index in [0.29, 0.717) is 36.2 Å². The van der Waals surface area contributed by atoms with Crippen LogP contribution in [0, 0.1) is 6.92 Å². The lowest BCUT2D eigenvalue weighted by molar-refractivity contribution is 0.0201. The molecule has 0 bridgehead atoms. The topological polar surface area (TPSA) is 134 Å². The number of rotatable bonds is 7. The first kappa shape index (κ1) is 21.5. The van der Waals surface area contributed by atoms with E-state index in [1.54, 1.807) is 6.07 Å². The summed E-state index contributed by atoms with van der Waals surface area (Å²) in [4.78, 5) is 23.8. The Kier molecular flexibility index (Phi) is 5.82. The second kappa shape index (κ2) is 8.40. The number of aryl methyl sites for hydroxylation is 1. The van der Waals surface area contributed by atoms with E-state index < -0.39 is 22.4 Å². The molecule has 1 spiro atoms. The van der Waals surface area contributed by atoms with Crippen molar-refractivity contribution in [1.29, 1.82) is 0 Å². The zero-order valence-electron chi connectivity index (χ0n) is 17.2. The SMILES string of the molecule is Cc1cc(NC(=O)c2ccc(NS(=O)(=O)CCO)cc2)nc(N2CCOC3(CC3)C2)n1. The molecular formula is C20H25N5O5S. The number of hydrogen-bond donors (Lipinski definition) is 3. The largest absolute Gasteiger partial charge is 0.395 e. The zero-order chi connectivity index (χ0) is 22.1. The van der Waals surface area contributed by atoms with Gasteiger partial charge in [0.25, 0.3) is 5.91 Å². The van der Waals surface area contributed by atoms with E-state index >= 15 is 0 Å². The number of morpholine rings is 1. The second-order valence-corrected chi connectivity index (χ2v) is 9.67. The van der Waals surface area contributed by atoms with Crippen molar-refractivity contribution >= 4 is 33.4 Å². The molecule has 10 nitrogen and oxygen atoms in total. The number of aliphatic hydroxyl groups is 1. The predicted molar refractivity (Wildman–Crippen MR) is 116 cm³/mol. The smallest absolute Gasteiger partial charge is 0.256 e. The lowest BCUT2D eigenvalue weighted by atomic mass is 10.2. The Bertz CT molecular complexity index is 1070. The first-order chi connectivity index (χ1) is 14.8. The van der Waals surface area contributed by atoms with E-state index in [2.05, 4.69) is 24.9 Å². The fraction of sp³-hybridized carbons (Fsp3) is 0.450. The quantitative estimate of drug-likeness (QED) is 0.575. The van der Waals surface area contributed by atoms with Gasteiger partial charge in [0.05, 0.1) is 24.6 Å². The van der Waals surface area contributed by atoms with Crippen LogP contribution in [0.15, 0.2) is 30.3 Å². The Morgan fingerprint density at radius 3 is 2.68 bits per heavy atom. The van der Waals surface area contributed by atoms with Crippen molar-refractivity contribution in [2.75, 3.05) is 47.0 Å². The minimum absolute atomic E-state index is 0.0603. The number of nitrogens with one attached hydrogen (secondary N) is 2. The van der Waals surface area contributed by atoms with Crippen LogP contribution >= 0.6 is 0 Å². The van der Waals surface area contributed by atoms with Gasteiger partial charge < -0.3 is 20.1 Å². The van der Waals surface area contributed by atoms with E-state index in [1.165, 1.54) is 24.3 Å². The van der Waals surface area contributed by atoms with E-state index in [4.69, 9.17) is 9.84 Å². The maximum Gasteiger partial charge on any atom is 0.256 e. The number of aliphatic hydroxyl groups excluding tert-OH is 1. The summed E-state index contributed by atoms with van der Waals surface area (Å²) in [7, 11) is -3.62. The summed E-state index contributed by atoms with van der Waals surface area (Å²) in [5, 5.41) is 11.6. The number of aromatic nitrogens is 2. The number of carbonyl (C=O) groups is 1. The van der Waals surface area contributed by atoms with Gasteiger partial charge in [-0.05, 0) is 44.0 Å². The van der Waals surface area contributed by atoms with Crippen molar-refractivity contribution in [3.63, 3.8) is 0 Å². The molecule has 0 radical (unpaired) electrons. The van der Waals surface area contributed by atoms with Crippen molar-refractivity contribution in [1.82, 2.24) is 9.97 Å². The average molecular weight is 448 g/mol. The second-order valence-electron chi connectivity index (χ2n) is 7.82. The van der Waals surface area contributed by atoms with E-state index in [1.807, 2.05) is 6.92 Å². The molecular weight excluding hydrogens is 422 g/mol. The molecule has 4 rings (SSSR count). The highest BCUT2D eigenvalue weighted by molar-refractivity contribution is 7.92. The Labute approximate surface area is 180 Å². The van der Waals surface area contributed by atoms with Crippen LogP contribution in [0.1, 0.15) is 28.9 Å². The molecule has 1 saturated carbocycles. The molecule has 3 N–H and O–H groups in total. The maximum absolute atomic E-state index is 12.6. The van der Waals surface area contributed by atoms with Gasteiger partial charge in [-0.25, -0.2) is 13.4 Å². The van der Waals surface area contributed by atoms with Crippen molar-refractivity contribution in [2.24, 2.45) is 0 Å². The van der Waals surface area contributed by atoms with Gasteiger partial charge in [0.2, 0.25) is 16.0 Å². The number of anilines is 3. The molecule has 1 aromatic carbocycles. The van der Waals surface area contributed by atoms with Gasteiger partial charge in [-0.1, -0.05) is 0 Å². The summed E-state index contributed by atoms with van der Waals surface area (Å²) in [6.45, 7) is 3.46. The van der Waals surface area contributed by atoms with Gasteiger partial charge in [0.1, 0.15) is 5.82 Å². The molecule has 0 atom stereocenters. The third-order valence-electron chi connectivity index (χ3n) is 5.20. The summed E-state index contributed by atoms with van der Waals surface area (Å²) >= 11 is 0. The Morgan fingerprint density at radius 2 is 2.00 bits per heavy atom. The van der Waals surface area contributed by atoms with Gasteiger partial charge in [-0.15, -0.1) is 0 Å². The molecule has 11 heteroatoms. The highest BCUT2D eigenvalue weighted by Gasteiger charge is 2.48. The van der Waals surface area contributed by atoms with Gasteiger partial charge in [-0.2, -0.15) is 4.98 Å². The number of ether oxygens (including phenoxy) is 1. The minimum Gasteiger partial charge on any atom is -0.395 e. The summed E-state index contributed by atoms with van der Waals surface area (Å²) in [6.07, 6.45) is 2.09. The molecule has 0 unspecified atom stereocenters. The molecule has 2 fully saturated rings. The molecule has 2 aliphatic rings. The van der Waals surface area contributed by atoms with Crippen LogP contribution in [0.2, 0.25) is 0 Å². The predicted octanol–water partition coefficient (Wildman–Crippen LogP) is 1.14. The standard InChI is InChI=1S/C20H25N5O5S/c1-14-12-17(23-19(21-14)25-8-10-30-20(13-25)6-7-20)22-18(27)15-2-4-16(5-3-15)24-31(28,29)11-9-26/h2-5,12,24,26H,6-11,13H2,1H3,(H,21,22,23,27). The van der Waals surface area contributed by atoms with Crippen LogP contribution in [0.5, 0.6) is 0 Å². The highest BCUT2D eigenvalue weighted by atomic mass is 32.2. The lowest BCUT2D eigenvalue weighted by Crippen LogP contribution is -2.44. The summed E-state index contributed by atoms with van der Waals surface area (Å²) in [6, 6.07) is 7.71. The molecule has 166 valence electrons. The number of benzene rings is 1. The van der Waals surface area contributed by atoms with Crippen molar-refractivity contribution in [2.45, 2.75) is 25.4 Å². The maximum atomic E-state index is 12.6. The molecule has 1 aliphatic heterocycles. The molecule has 1 aromatic heterocycles. The number of amides is 1. The first-order valence-corrected chi connectivity index (χ1v) is 11.7. The molecule has 2 aromatic rings. The van der Waals surface area contributed by atoms with Crippen LogP contribution in [0.4, 0.5) is 17.5 Å². The Morgan fingerprint density at radius 1 is 1.26 bits per heavy atom. The fourth-order valence-corrected chi connectivity index (χ4v) is 4.28. The van der Waals surface area contributed by atoms with E-state index in [-0.39, 0.29) is 11.5 Å². The van der Waals surface area contributed by atoms with Crippen molar-refractivity contribution in [3.8, 4) is 0 Å². The number of nitrogens with zero attached hydrogens (tertiary/aromatic N) is 3. The molecule has 1 amide bonds. The number of carbonyl (C=O) groups excluding carboxylic acids is 1. The van der Waals surface area contributed by atoms with Gasteiger partial charge in [-0.3, -0.25) is 9.52 Å². The summed E-state index contributed by atoms with van der Waals surface area (Å²) in [5.74, 6) is 0.207. The van der Waals surface area contributed by atoms with Gasteiger partial charge in [0.15, 0.2) is 0 Å². The first-order valence-electron chi connectivity index (χ1n) is 10.0. The highest BCUT2D eigenvalue weighted by Crippen LogP contribution is 2.42. The molecule has 1 saturated heterocycles. The van der Waals surface area contributed by atoms with Crippen molar-refractivity contribution in [3.05, 3.63) is 41.6 Å². The average Bonchev–Trinajstić information content (AvgIpc) is 3.46. The number of hydrogen-bond acceptors (Lipinski definition) is 8. The van der Waals surface area contributed by atoms with Crippen molar-refractivity contribution < 1.29 is 23.1 Å². The van der Waals surface area contributed by atoms with E-state index in [0.717, 1.165) is 25.1 Å². The van der Waals surface area contributed by atoms with Crippen LogP contribution in [-0.4, -0.2) is 67.1 Å². The molecule has 31 heavy (non-hydrogen) atoms. The number of sulfonamides is 1. The third kappa shape index (κ3) is 5.30. The van der Waals surface area contributed by atoms with Crippen LogP contribution in [0.25, 0.3) is 0 Å². The van der Waals surface area contributed by atoms with Gasteiger partial charge >= 0.3 is 0 Å². The van der Waals surface area contributed by atoms with Crippen LogP contribution in [0.3, 0.4) is 0 Å². The Balaban J connectivity index is 1.44. The minimum atomic E-state index is -3.62. The third-order valence-corrected chi connectivity index (χ3v) is 6.47. The Hall–Kier alpha value is -2.76. The normalized spacial score (nSPS) is 17.4. The van der Waals surface area contributed by atoms with Gasteiger partial charge in [0, 0.05) is 36.1 Å². The van der Waals surface area contributed by atoms with Crippen LogP contribution in [-0.2, 0) is 14.8 Å². The monoisotopic (exact) mass is 447 g/mol. The van der Waals surface area contributed by atoms with Crippen LogP contribution < -0.4 is 14.9 Å². The molecule has 2 heterocycles. The molecule has 1 aliphatic carbocycles.